The molecule has 1 atom stereocenters. The van der Waals surface area contributed by atoms with Crippen molar-refractivity contribution in [1.29, 1.82) is 0 Å². The predicted octanol–water partition coefficient (Wildman–Crippen LogP) is 4.98. The van der Waals surface area contributed by atoms with E-state index in [1.54, 1.807) is 21.3 Å². The Morgan fingerprint density at radius 3 is 2.19 bits per heavy atom. The summed E-state index contributed by atoms with van der Waals surface area (Å²) in [4.78, 5) is 2.31. The minimum Gasteiger partial charge on any atom is -0.493 e. The zero-order chi connectivity index (χ0) is 19.0. The third-order valence-corrected chi connectivity index (χ3v) is 5.17. The van der Waals surface area contributed by atoms with Gasteiger partial charge in [-0.1, -0.05) is 49.0 Å². The molecule has 0 bridgehead atoms. The van der Waals surface area contributed by atoms with E-state index in [-0.39, 0.29) is 6.04 Å². The molecule has 4 nitrogen and oxygen atoms in total. The monoisotopic (exact) mass is 361 g/mol. The van der Waals surface area contributed by atoms with E-state index in [0.717, 1.165) is 12.2 Å². The zero-order valence-electron chi connectivity index (χ0n) is 15.9. The van der Waals surface area contributed by atoms with Gasteiger partial charge in [-0.25, -0.2) is 0 Å². The quantitative estimate of drug-likeness (QED) is 0.600. The smallest absolute Gasteiger partial charge is 0.203 e. The van der Waals surface area contributed by atoms with E-state index >= 15 is 0 Å². The van der Waals surface area contributed by atoms with Crippen molar-refractivity contribution >= 4 is 16.5 Å². The molecule has 0 saturated carbocycles. The molecule has 1 aliphatic heterocycles. The lowest BCUT2D eigenvalue weighted by Crippen LogP contribution is -2.43. The number of methoxy groups -OCH3 is 3. The Labute approximate surface area is 159 Å². The lowest BCUT2D eigenvalue weighted by atomic mass is 9.86. The van der Waals surface area contributed by atoms with Crippen LogP contribution < -0.4 is 19.1 Å². The van der Waals surface area contributed by atoms with Gasteiger partial charge in [0.2, 0.25) is 5.75 Å². The van der Waals surface area contributed by atoms with Crippen LogP contribution in [-0.4, -0.2) is 27.9 Å². The maximum Gasteiger partial charge on any atom is 0.203 e. The van der Waals surface area contributed by atoms with Crippen LogP contribution in [0.3, 0.4) is 0 Å². The van der Waals surface area contributed by atoms with Gasteiger partial charge in [-0.05, 0) is 21.9 Å². The van der Waals surface area contributed by atoms with Crippen LogP contribution in [0, 0.1) is 0 Å². The summed E-state index contributed by atoms with van der Waals surface area (Å²) >= 11 is 0. The molecule has 0 spiro atoms. The van der Waals surface area contributed by atoms with Gasteiger partial charge < -0.3 is 19.1 Å². The Bertz CT molecular complexity index is 981. The molecule has 1 heterocycles. The molecule has 27 heavy (non-hydrogen) atoms. The van der Waals surface area contributed by atoms with E-state index in [1.807, 2.05) is 12.1 Å². The van der Waals surface area contributed by atoms with Gasteiger partial charge in [-0.2, -0.15) is 0 Å². The van der Waals surface area contributed by atoms with Gasteiger partial charge in [0.25, 0.3) is 0 Å². The van der Waals surface area contributed by atoms with Crippen molar-refractivity contribution < 1.29 is 14.2 Å². The van der Waals surface area contributed by atoms with Crippen molar-refractivity contribution in [2.24, 2.45) is 0 Å². The number of anilines is 1. The average molecular weight is 361 g/mol. The molecule has 1 saturated heterocycles. The third kappa shape index (κ3) is 2.78. The number of rotatable bonds is 5. The van der Waals surface area contributed by atoms with Gasteiger partial charge in [0.05, 0.1) is 27.4 Å². The highest BCUT2D eigenvalue weighted by Gasteiger charge is 2.35. The largest absolute Gasteiger partial charge is 0.493 e. The lowest BCUT2D eigenvalue weighted by Gasteiger charge is -2.46. The van der Waals surface area contributed by atoms with Gasteiger partial charge in [-0.15, -0.1) is 0 Å². The zero-order valence-corrected chi connectivity index (χ0v) is 15.9. The fourth-order valence-electron chi connectivity index (χ4n) is 3.85. The molecule has 4 heteroatoms. The summed E-state index contributed by atoms with van der Waals surface area (Å²) in [7, 11) is 4.89. The number of fused-ring (bicyclic) bond motifs is 1. The molecule has 0 N–H and O–H groups in total. The van der Waals surface area contributed by atoms with Crippen molar-refractivity contribution in [3.05, 3.63) is 72.3 Å². The summed E-state index contributed by atoms with van der Waals surface area (Å²) in [5.41, 5.74) is 3.48. The summed E-state index contributed by atoms with van der Waals surface area (Å²) in [5.74, 6) is 1.91. The van der Waals surface area contributed by atoms with Crippen LogP contribution in [0.1, 0.15) is 11.6 Å². The number of benzene rings is 3. The van der Waals surface area contributed by atoms with E-state index in [4.69, 9.17) is 14.2 Å². The van der Waals surface area contributed by atoms with E-state index in [9.17, 15) is 0 Å². The van der Waals surface area contributed by atoms with E-state index in [0.29, 0.717) is 17.2 Å². The molecule has 0 aromatic heterocycles. The summed E-state index contributed by atoms with van der Waals surface area (Å²) in [5, 5.41) is 2.49. The summed E-state index contributed by atoms with van der Waals surface area (Å²) < 4.78 is 16.5. The van der Waals surface area contributed by atoms with Crippen LogP contribution in [0.2, 0.25) is 0 Å². The molecule has 1 aliphatic rings. The van der Waals surface area contributed by atoms with Crippen molar-refractivity contribution in [3.63, 3.8) is 0 Å². The number of ether oxygens (including phenoxy) is 3. The summed E-state index contributed by atoms with van der Waals surface area (Å²) in [6.45, 7) is 5.09. The Balaban J connectivity index is 1.80. The highest BCUT2D eigenvalue weighted by atomic mass is 16.5. The van der Waals surface area contributed by atoms with Crippen molar-refractivity contribution in [3.8, 4) is 17.2 Å². The molecule has 4 rings (SSSR count). The molecule has 138 valence electrons. The first-order chi connectivity index (χ1) is 13.2. The summed E-state index contributed by atoms with van der Waals surface area (Å²) in [6.07, 6.45) is 0. The lowest BCUT2D eigenvalue weighted by molar-refractivity contribution is 0.324. The summed E-state index contributed by atoms with van der Waals surface area (Å²) in [6, 6.07) is 19.0. The van der Waals surface area contributed by atoms with E-state index in [1.165, 1.54) is 21.9 Å². The van der Waals surface area contributed by atoms with Gasteiger partial charge >= 0.3 is 0 Å². The first-order valence-corrected chi connectivity index (χ1v) is 8.90. The molecule has 0 aliphatic carbocycles. The molecule has 1 fully saturated rings. The predicted molar refractivity (Wildman–Crippen MR) is 109 cm³/mol. The fourth-order valence-corrected chi connectivity index (χ4v) is 3.85. The minimum atomic E-state index is 0.124. The van der Waals surface area contributed by atoms with Gasteiger partial charge in [0.1, 0.15) is 0 Å². The normalized spacial score (nSPS) is 16.2. The van der Waals surface area contributed by atoms with Crippen LogP contribution in [0.25, 0.3) is 10.8 Å². The second-order valence-corrected chi connectivity index (χ2v) is 6.64. The van der Waals surface area contributed by atoms with E-state index in [2.05, 4.69) is 53.9 Å². The Morgan fingerprint density at radius 1 is 0.889 bits per heavy atom. The van der Waals surface area contributed by atoms with Crippen molar-refractivity contribution in [2.45, 2.75) is 6.04 Å². The maximum atomic E-state index is 5.52. The SMILES string of the molecule is C=C1CN(c2cc(OC)c(OC)c(OC)c2)[C@H]1c1cccc2ccccc12. The Kier molecular flexibility index (Phi) is 4.40. The molecular formula is C23H23NO3. The van der Waals surface area contributed by atoms with Crippen LogP contribution in [-0.2, 0) is 0 Å². The standard InChI is InChI=1S/C23H23NO3/c1-15-14-24(17-12-20(25-2)23(27-4)21(13-17)26-3)22(15)19-11-7-9-16-8-5-6-10-18(16)19/h5-13,22H,1,14H2,2-4H3/t22-/m1/s1. The van der Waals surface area contributed by atoms with Crippen LogP contribution in [0.15, 0.2) is 66.7 Å². The number of hydrogen-bond acceptors (Lipinski definition) is 4. The fraction of sp³-hybridized carbons (Fsp3) is 0.217. The van der Waals surface area contributed by atoms with E-state index < -0.39 is 0 Å². The Hall–Kier alpha value is -3.14. The molecule has 3 aromatic carbocycles. The highest BCUT2D eigenvalue weighted by molar-refractivity contribution is 5.87. The molecule has 0 amide bonds. The number of hydrogen-bond donors (Lipinski definition) is 0. The molecular weight excluding hydrogens is 338 g/mol. The molecule has 0 radical (unpaired) electrons. The molecule has 0 unspecified atom stereocenters. The second kappa shape index (κ2) is 6.88. The minimum absolute atomic E-state index is 0.124. The highest BCUT2D eigenvalue weighted by Crippen LogP contribution is 2.48. The van der Waals surface area contributed by atoms with Gasteiger partial charge in [0.15, 0.2) is 11.5 Å². The average Bonchev–Trinajstić information content (AvgIpc) is 2.71. The van der Waals surface area contributed by atoms with Crippen LogP contribution in [0.5, 0.6) is 17.2 Å². The van der Waals surface area contributed by atoms with Gasteiger partial charge in [-0.3, -0.25) is 0 Å². The van der Waals surface area contributed by atoms with Crippen molar-refractivity contribution in [1.82, 2.24) is 0 Å². The maximum absolute atomic E-state index is 5.52. The van der Waals surface area contributed by atoms with Crippen molar-refractivity contribution in [2.75, 3.05) is 32.8 Å². The third-order valence-electron chi connectivity index (χ3n) is 5.17. The van der Waals surface area contributed by atoms with Crippen LogP contribution >= 0.6 is 0 Å². The second-order valence-electron chi connectivity index (χ2n) is 6.64. The first-order valence-electron chi connectivity index (χ1n) is 8.90. The topological polar surface area (TPSA) is 30.9 Å². The number of nitrogens with zero attached hydrogens (tertiary/aromatic N) is 1. The Morgan fingerprint density at radius 2 is 1.56 bits per heavy atom. The first kappa shape index (κ1) is 17.3. The van der Waals surface area contributed by atoms with Crippen LogP contribution in [0.4, 0.5) is 5.69 Å². The van der Waals surface area contributed by atoms with Gasteiger partial charge in [0, 0.05) is 24.4 Å². The molecule has 3 aromatic rings.